The normalized spacial score (nSPS) is 12.5. The van der Waals surface area contributed by atoms with Gasteiger partial charge in [-0.25, -0.2) is 9.97 Å². The van der Waals surface area contributed by atoms with Crippen LogP contribution >= 0.6 is 11.3 Å². The van der Waals surface area contributed by atoms with Crippen LogP contribution in [0.1, 0.15) is 24.2 Å². The van der Waals surface area contributed by atoms with Crippen LogP contribution in [0.15, 0.2) is 60.1 Å². The first kappa shape index (κ1) is 29.1. The molecular formula is C27H35N7O3S. The molecule has 7 N–H and O–H groups in total. The second-order valence-corrected chi connectivity index (χ2v) is 9.78. The zero-order valence-corrected chi connectivity index (χ0v) is 22.1. The summed E-state index contributed by atoms with van der Waals surface area (Å²) in [6, 6.07) is 13.4. The summed E-state index contributed by atoms with van der Waals surface area (Å²) in [6.07, 6.45) is 2.30. The van der Waals surface area contributed by atoms with Gasteiger partial charge in [0.05, 0.1) is 35.5 Å². The number of benzene rings is 1. The Balaban J connectivity index is 1.69. The molecule has 2 amide bonds. The van der Waals surface area contributed by atoms with Crippen LogP contribution in [0.25, 0.3) is 10.6 Å². The summed E-state index contributed by atoms with van der Waals surface area (Å²) < 4.78 is 0. The fourth-order valence-corrected chi connectivity index (χ4v) is 4.65. The van der Waals surface area contributed by atoms with Gasteiger partial charge >= 0.3 is 0 Å². The lowest BCUT2D eigenvalue weighted by Crippen LogP contribution is -2.51. The van der Waals surface area contributed by atoms with Crippen molar-refractivity contribution in [2.75, 3.05) is 26.2 Å². The fourth-order valence-electron chi connectivity index (χ4n) is 3.96. The Bertz CT molecular complexity index is 1170. The Morgan fingerprint density at radius 3 is 2.39 bits per heavy atom. The molecule has 2 atom stereocenters. The molecule has 0 radical (unpaired) electrons. The number of nitrogens with zero attached hydrogens (tertiary/aromatic N) is 3. The van der Waals surface area contributed by atoms with E-state index in [1.807, 2.05) is 47.8 Å². The minimum absolute atomic E-state index is 0.0477. The van der Waals surface area contributed by atoms with Crippen LogP contribution in [0, 0.1) is 0 Å². The van der Waals surface area contributed by atoms with Gasteiger partial charge in [-0.3, -0.25) is 14.4 Å². The average molecular weight is 538 g/mol. The predicted molar refractivity (Wildman–Crippen MR) is 148 cm³/mol. The Labute approximate surface area is 226 Å². The minimum atomic E-state index is -1.12. The van der Waals surface area contributed by atoms with Crippen molar-refractivity contribution in [3.05, 3.63) is 71.5 Å². The number of amides is 2. The van der Waals surface area contributed by atoms with Crippen molar-refractivity contribution in [1.29, 1.82) is 0 Å². The number of nitrogens with two attached hydrogens (primary N) is 3. The van der Waals surface area contributed by atoms with Crippen LogP contribution < -0.4 is 22.5 Å². The number of hydrogen-bond donors (Lipinski definition) is 4. The van der Waals surface area contributed by atoms with Gasteiger partial charge in [0.1, 0.15) is 5.82 Å². The Morgan fingerprint density at radius 2 is 1.74 bits per heavy atom. The van der Waals surface area contributed by atoms with Gasteiger partial charge in [0, 0.05) is 32.4 Å². The Morgan fingerprint density at radius 1 is 1.00 bits per heavy atom. The van der Waals surface area contributed by atoms with E-state index in [0.29, 0.717) is 31.8 Å². The SMILES string of the molecule is NCCN(CCN)C(=O)C[C@H](N)C(=O)N[C@@H](CCc1ccccc1)C(=O)Cc1nccc(-c2cccs2)n1. The van der Waals surface area contributed by atoms with Gasteiger partial charge in [-0.1, -0.05) is 36.4 Å². The van der Waals surface area contributed by atoms with Gasteiger partial charge in [-0.05, 0) is 35.9 Å². The summed E-state index contributed by atoms with van der Waals surface area (Å²) in [4.78, 5) is 50.2. The lowest BCUT2D eigenvalue weighted by atomic mass is 9.99. The number of Topliss-reactive ketones (excluding diaryl/α,β-unsaturated/α-hetero) is 1. The summed E-state index contributed by atoms with van der Waals surface area (Å²) in [5, 5.41) is 4.73. The number of ketones is 1. The van der Waals surface area contributed by atoms with Crippen molar-refractivity contribution in [1.82, 2.24) is 20.2 Å². The van der Waals surface area contributed by atoms with Gasteiger partial charge in [0.2, 0.25) is 11.8 Å². The van der Waals surface area contributed by atoms with Gasteiger partial charge in [-0.15, -0.1) is 11.3 Å². The molecule has 0 fully saturated rings. The number of carbonyl (C=O) groups is 3. The molecule has 202 valence electrons. The highest BCUT2D eigenvalue weighted by Crippen LogP contribution is 2.22. The number of rotatable bonds is 15. The van der Waals surface area contributed by atoms with Crippen molar-refractivity contribution < 1.29 is 14.4 Å². The van der Waals surface area contributed by atoms with Crippen molar-refractivity contribution >= 4 is 28.9 Å². The fraction of sp³-hybridized carbons (Fsp3) is 0.370. The van der Waals surface area contributed by atoms with Crippen molar-refractivity contribution in [3.8, 4) is 10.6 Å². The molecule has 0 aliphatic heterocycles. The molecule has 3 aromatic rings. The molecule has 0 bridgehead atoms. The van der Waals surface area contributed by atoms with Crippen molar-refractivity contribution in [3.63, 3.8) is 0 Å². The molecule has 10 nitrogen and oxygen atoms in total. The topological polar surface area (TPSA) is 170 Å². The first-order chi connectivity index (χ1) is 18.4. The number of carbonyl (C=O) groups excluding carboxylic acids is 3. The molecule has 11 heteroatoms. The molecule has 0 aliphatic rings. The smallest absolute Gasteiger partial charge is 0.238 e. The largest absolute Gasteiger partial charge is 0.345 e. The number of aryl methyl sites for hydroxylation is 1. The zero-order chi connectivity index (χ0) is 27.3. The van der Waals surface area contributed by atoms with E-state index in [-0.39, 0.29) is 37.6 Å². The second-order valence-electron chi connectivity index (χ2n) is 8.83. The molecule has 0 spiro atoms. The summed E-state index contributed by atoms with van der Waals surface area (Å²) in [6.45, 7) is 1.21. The molecular weight excluding hydrogens is 502 g/mol. The number of hydrogen-bond acceptors (Lipinski definition) is 9. The Kier molecular flexibility index (Phi) is 11.5. The third kappa shape index (κ3) is 8.80. The molecule has 0 unspecified atom stereocenters. The highest BCUT2D eigenvalue weighted by Gasteiger charge is 2.27. The van der Waals surface area contributed by atoms with Crippen molar-refractivity contribution in [2.45, 2.75) is 37.8 Å². The number of aromatic nitrogens is 2. The van der Waals surface area contributed by atoms with E-state index in [0.717, 1.165) is 16.1 Å². The van der Waals surface area contributed by atoms with Crippen LogP contribution in [0.3, 0.4) is 0 Å². The quantitative estimate of drug-likeness (QED) is 0.221. The highest BCUT2D eigenvalue weighted by atomic mass is 32.1. The molecule has 0 saturated heterocycles. The molecule has 1 aromatic carbocycles. The molecule has 2 heterocycles. The van der Waals surface area contributed by atoms with Crippen LogP contribution in [0.4, 0.5) is 0 Å². The van der Waals surface area contributed by atoms with Crippen LogP contribution in [-0.2, 0) is 27.2 Å². The summed E-state index contributed by atoms with van der Waals surface area (Å²) >= 11 is 1.55. The monoisotopic (exact) mass is 537 g/mol. The summed E-state index contributed by atoms with van der Waals surface area (Å²) in [5.74, 6) is -0.740. The van der Waals surface area contributed by atoms with E-state index < -0.39 is 18.0 Å². The molecule has 38 heavy (non-hydrogen) atoms. The number of thiophene rings is 1. The lowest BCUT2D eigenvalue weighted by Gasteiger charge is -2.24. The first-order valence-electron chi connectivity index (χ1n) is 12.6. The third-order valence-corrected chi connectivity index (χ3v) is 6.86. The van der Waals surface area contributed by atoms with Gasteiger partial charge in [0.25, 0.3) is 0 Å². The van der Waals surface area contributed by atoms with E-state index in [1.54, 1.807) is 23.6 Å². The maximum absolute atomic E-state index is 13.4. The zero-order valence-electron chi connectivity index (χ0n) is 21.3. The Hall–Kier alpha value is -3.51. The van der Waals surface area contributed by atoms with Crippen LogP contribution in [0.2, 0.25) is 0 Å². The van der Waals surface area contributed by atoms with Crippen molar-refractivity contribution in [2.24, 2.45) is 17.2 Å². The van der Waals surface area contributed by atoms with Gasteiger partial charge < -0.3 is 27.4 Å². The van der Waals surface area contributed by atoms with Gasteiger partial charge in [-0.2, -0.15) is 0 Å². The number of nitrogens with one attached hydrogen (secondary N) is 1. The maximum atomic E-state index is 13.4. The minimum Gasteiger partial charge on any atom is -0.345 e. The molecule has 0 saturated carbocycles. The summed E-state index contributed by atoms with van der Waals surface area (Å²) in [5.41, 5.74) is 19.0. The molecule has 0 aliphatic carbocycles. The second kappa shape index (κ2) is 15.0. The van der Waals surface area contributed by atoms with Gasteiger partial charge in [0.15, 0.2) is 5.78 Å². The van der Waals surface area contributed by atoms with E-state index in [1.165, 1.54) is 4.90 Å². The van der Waals surface area contributed by atoms with E-state index in [2.05, 4.69) is 15.3 Å². The van der Waals surface area contributed by atoms with E-state index >= 15 is 0 Å². The predicted octanol–water partition coefficient (Wildman–Crippen LogP) is 0.898. The maximum Gasteiger partial charge on any atom is 0.238 e. The standard InChI is InChI=1S/C27H35N7O3S/c28-11-14-34(15-12-29)26(36)17-20(30)27(37)33-21(9-8-19-5-2-1-3-6-19)23(35)18-25-31-13-10-22(32-25)24-7-4-16-38-24/h1-7,10,13,16,20-21H,8-9,11-12,14-15,17-18,28-30H2,(H,33,37)/t20-,21-/m0/s1. The lowest BCUT2D eigenvalue weighted by molar-refractivity contribution is -0.134. The molecule has 3 rings (SSSR count). The molecule has 2 aromatic heterocycles. The van der Waals surface area contributed by atoms with Crippen LogP contribution in [0.5, 0.6) is 0 Å². The first-order valence-corrected chi connectivity index (χ1v) is 13.5. The van der Waals surface area contributed by atoms with E-state index in [9.17, 15) is 14.4 Å². The van der Waals surface area contributed by atoms with Crippen LogP contribution in [-0.4, -0.2) is 70.7 Å². The average Bonchev–Trinajstić information content (AvgIpc) is 3.46. The van der Waals surface area contributed by atoms with E-state index in [4.69, 9.17) is 17.2 Å². The third-order valence-electron chi connectivity index (χ3n) is 5.96. The highest BCUT2D eigenvalue weighted by molar-refractivity contribution is 7.13. The summed E-state index contributed by atoms with van der Waals surface area (Å²) in [7, 11) is 0.